The molecule has 0 spiro atoms. The van der Waals surface area contributed by atoms with Crippen LogP contribution in [0.15, 0.2) is 53.3 Å². The number of halogens is 1. The highest BCUT2D eigenvalue weighted by atomic mass is 79.9. The molecule has 20 heavy (non-hydrogen) atoms. The summed E-state index contributed by atoms with van der Waals surface area (Å²) in [6, 6.07) is 12.8. The smallest absolute Gasteiger partial charge is 0.0312 e. The van der Waals surface area contributed by atoms with Crippen LogP contribution in [0.2, 0.25) is 0 Å². The molecule has 1 aromatic heterocycles. The lowest BCUT2D eigenvalue weighted by molar-refractivity contribution is 0.204. The molecule has 104 valence electrons. The number of hydrogen-bond donors (Lipinski definition) is 0. The monoisotopic (exact) mass is 330 g/mol. The zero-order valence-electron chi connectivity index (χ0n) is 11.5. The van der Waals surface area contributed by atoms with Crippen LogP contribution in [0, 0.1) is 0 Å². The topological polar surface area (TPSA) is 16.1 Å². The van der Waals surface area contributed by atoms with Gasteiger partial charge in [-0.25, -0.2) is 0 Å². The van der Waals surface area contributed by atoms with E-state index < -0.39 is 0 Å². The van der Waals surface area contributed by atoms with Crippen molar-refractivity contribution in [3.8, 4) is 0 Å². The molecule has 0 N–H and O–H groups in total. The Kier molecular flexibility index (Phi) is 4.48. The van der Waals surface area contributed by atoms with Gasteiger partial charge in [-0.15, -0.1) is 0 Å². The fraction of sp³-hybridized carbons (Fsp3) is 0.353. The maximum absolute atomic E-state index is 4.19. The molecule has 1 saturated heterocycles. The third-order valence-corrected chi connectivity index (χ3v) is 4.78. The highest BCUT2D eigenvalue weighted by Gasteiger charge is 2.21. The first-order valence-electron chi connectivity index (χ1n) is 7.18. The second-order valence-electron chi connectivity index (χ2n) is 5.43. The minimum Gasteiger partial charge on any atom is -0.299 e. The van der Waals surface area contributed by atoms with E-state index in [2.05, 4.69) is 56.1 Å². The molecule has 0 radical (unpaired) electrons. The zero-order chi connectivity index (χ0) is 13.8. The van der Waals surface area contributed by atoms with Crippen LogP contribution >= 0.6 is 15.9 Å². The predicted molar refractivity (Wildman–Crippen MR) is 85.6 cm³/mol. The van der Waals surface area contributed by atoms with E-state index in [-0.39, 0.29) is 0 Å². The molecular weight excluding hydrogens is 312 g/mol. The number of hydrogen-bond acceptors (Lipinski definition) is 2. The van der Waals surface area contributed by atoms with E-state index in [1.807, 2.05) is 18.5 Å². The molecule has 1 aliphatic heterocycles. The van der Waals surface area contributed by atoms with Crippen LogP contribution in [-0.2, 0) is 6.54 Å². The second-order valence-corrected chi connectivity index (χ2v) is 6.29. The van der Waals surface area contributed by atoms with Crippen LogP contribution in [0.25, 0.3) is 0 Å². The number of aromatic nitrogens is 1. The van der Waals surface area contributed by atoms with Gasteiger partial charge < -0.3 is 0 Å². The summed E-state index contributed by atoms with van der Waals surface area (Å²) in [5.41, 5.74) is 2.78. The van der Waals surface area contributed by atoms with Crippen LogP contribution in [0.5, 0.6) is 0 Å². The molecule has 0 amide bonds. The summed E-state index contributed by atoms with van der Waals surface area (Å²) in [7, 11) is 0. The van der Waals surface area contributed by atoms with Crippen molar-refractivity contribution in [2.45, 2.75) is 25.3 Å². The predicted octanol–water partition coefficient (Wildman–Crippen LogP) is 4.22. The molecular formula is C17H19BrN2. The molecule has 0 unspecified atom stereocenters. The third-order valence-electron chi connectivity index (χ3n) is 4.06. The number of likely N-dealkylation sites (tertiary alicyclic amines) is 1. The van der Waals surface area contributed by atoms with Gasteiger partial charge in [-0.2, -0.15) is 0 Å². The molecule has 0 saturated carbocycles. The van der Waals surface area contributed by atoms with Gasteiger partial charge in [0, 0.05) is 23.4 Å². The van der Waals surface area contributed by atoms with Crippen LogP contribution in [0.3, 0.4) is 0 Å². The van der Waals surface area contributed by atoms with Gasteiger partial charge in [0.05, 0.1) is 0 Å². The maximum Gasteiger partial charge on any atom is 0.0312 e. The largest absolute Gasteiger partial charge is 0.299 e. The second kappa shape index (κ2) is 6.51. The Morgan fingerprint density at radius 2 is 1.90 bits per heavy atom. The Balaban J connectivity index is 1.59. The summed E-state index contributed by atoms with van der Waals surface area (Å²) in [6.07, 6.45) is 6.29. The van der Waals surface area contributed by atoms with Gasteiger partial charge in [0.15, 0.2) is 0 Å². The first-order chi connectivity index (χ1) is 9.83. The summed E-state index contributed by atoms with van der Waals surface area (Å²) in [6.45, 7) is 3.36. The van der Waals surface area contributed by atoms with Gasteiger partial charge in [0.25, 0.3) is 0 Å². The van der Waals surface area contributed by atoms with E-state index in [0.717, 1.165) is 6.54 Å². The molecule has 3 rings (SSSR count). The SMILES string of the molecule is Brc1ccccc1C1CCN(Cc2cccnc2)CC1. The van der Waals surface area contributed by atoms with Crippen molar-refractivity contribution in [1.82, 2.24) is 9.88 Å². The van der Waals surface area contributed by atoms with Crippen molar-refractivity contribution < 1.29 is 0 Å². The lowest BCUT2D eigenvalue weighted by Crippen LogP contribution is -2.32. The minimum absolute atomic E-state index is 0.690. The van der Waals surface area contributed by atoms with Crippen LogP contribution in [0.4, 0.5) is 0 Å². The summed E-state index contributed by atoms with van der Waals surface area (Å²) in [4.78, 5) is 6.72. The van der Waals surface area contributed by atoms with E-state index in [0.29, 0.717) is 5.92 Å². The van der Waals surface area contributed by atoms with Crippen LogP contribution in [-0.4, -0.2) is 23.0 Å². The molecule has 0 atom stereocenters. The lowest BCUT2D eigenvalue weighted by Gasteiger charge is -2.32. The highest BCUT2D eigenvalue weighted by molar-refractivity contribution is 9.10. The van der Waals surface area contributed by atoms with Crippen LogP contribution in [0.1, 0.15) is 29.9 Å². The van der Waals surface area contributed by atoms with E-state index in [9.17, 15) is 0 Å². The van der Waals surface area contributed by atoms with Gasteiger partial charge in [0.1, 0.15) is 0 Å². The van der Waals surface area contributed by atoms with Gasteiger partial charge in [-0.3, -0.25) is 9.88 Å². The molecule has 1 aromatic carbocycles. The van der Waals surface area contributed by atoms with Crippen molar-refractivity contribution in [1.29, 1.82) is 0 Å². The molecule has 1 fully saturated rings. The van der Waals surface area contributed by atoms with E-state index in [1.165, 1.54) is 41.5 Å². The van der Waals surface area contributed by atoms with Crippen LogP contribution < -0.4 is 0 Å². The van der Waals surface area contributed by atoms with Gasteiger partial charge in [-0.05, 0) is 55.1 Å². The van der Waals surface area contributed by atoms with E-state index in [4.69, 9.17) is 0 Å². The average Bonchev–Trinajstić information content (AvgIpc) is 2.50. The molecule has 2 heterocycles. The first kappa shape index (κ1) is 13.8. The van der Waals surface area contributed by atoms with Crippen molar-refractivity contribution in [2.75, 3.05) is 13.1 Å². The Morgan fingerprint density at radius 3 is 2.60 bits per heavy atom. The summed E-state index contributed by atoms with van der Waals surface area (Å²) < 4.78 is 1.26. The Hall–Kier alpha value is -1.19. The Bertz CT molecular complexity index is 548. The van der Waals surface area contributed by atoms with Gasteiger partial charge >= 0.3 is 0 Å². The molecule has 2 nitrogen and oxygen atoms in total. The molecule has 3 heteroatoms. The third kappa shape index (κ3) is 3.28. The zero-order valence-corrected chi connectivity index (χ0v) is 13.1. The fourth-order valence-corrected chi connectivity index (χ4v) is 3.57. The summed E-state index contributed by atoms with van der Waals surface area (Å²) >= 11 is 3.68. The van der Waals surface area contributed by atoms with Gasteiger partial charge in [-0.1, -0.05) is 40.2 Å². The van der Waals surface area contributed by atoms with Crippen molar-refractivity contribution in [3.05, 3.63) is 64.4 Å². The number of piperidine rings is 1. The molecule has 1 aliphatic rings. The lowest BCUT2D eigenvalue weighted by atomic mass is 9.89. The number of rotatable bonds is 3. The number of benzene rings is 1. The summed E-state index contributed by atoms with van der Waals surface area (Å²) in [5, 5.41) is 0. The highest BCUT2D eigenvalue weighted by Crippen LogP contribution is 2.33. The van der Waals surface area contributed by atoms with Gasteiger partial charge in [0.2, 0.25) is 0 Å². The standard InChI is InChI=1S/C17H19BrN2/c18-17-6-2-1-5-16(17)15-7-10-20(11-8-15)13-14-4-3-9-19-12-14/h1-6,9,12,15H,7-8,10-11,13H2. The molecule has 0 bridgehead atoms. The van der Waals surface area contributed by atoms with E-state index in [1.54, 1.807) is 0 Å². The number of nitrogens with zero attached hydrogens (tertiary/aromatic N) is 2. The van der Waals surface area contributed by atoms with Crippen molar-refractivity contribution in [3.63, 3.8) is 0 Å². The molecule has 2 aromatic rings. The van der Waals surface area contributed by atoms with Crippen molar-refractivity contribution >= 4 is 15.9 Å². The fourth-order valence-electron chi connectivity index (χ4n) is 2.96. The quantitative estimate of drug-likeness (QED) is 0.837. The Morgan fingerprint density at radius 1 is 1.10 bits per heavy atom. The normalized spacial score (nSPS) is 17.2. The van der Waals surface area contributed by atoms with Crippen molar-refractivity contribution in [2.24, 2.45) is 0 Å². The van der Waals surface area contributed by atoms with E-state index >= 15 is 0 Å². The number of pyridine rings is 1. The summed E-state index contributed by atoms with van der Waals surface area (Å²) in [5.74, 6) is 0.690. The average molecular weight is 331 g/mol. The maximum atomic E-state index is 4.19. The Labute approximate surface area is 129 Å². The minimum atomic E-state index is 0.690. The first-order valence-corrected chi connectivity index (χ1v) is 7.98. The molecule has 0 aliphatic carbocycles.